The number of aryl methyl sites for hydroxylation is 2. The summed E-state index contributed by atoms with van der Waals surface area (Å²) < 4.78 is 0. The molecular weight excluding hydrogens is 444 g/mol. The monoisotopic (exact) mass is 474 g/mol. The van der Waals surface area contributed by atoms with Gasteiger partial charge in [0.15, 0.2) is 11.7 Å². The van der Waals surface area contributed by atoms with E-state index in [4.69, 9.17) is 10.1 Å². The number of rotatable bonds is 6. The van der Waals surface area contributed by atoms with Gasteiger partial charge < -0.3 is 0 Å². The lowest BCUT2D eigenvalue weighted by atomic mass is 9.75. The van der Waals surface area contributed by atoms with Crippen molar-refractivity contribution in [2.75, 3.05) is 0 Å². The van der Waals surface area contributed by atoms with Crippen LogP contribution in [0.1, 0.15) is 35.1 Å². The van der Waals surface area contributed by atoms with Crippen LogP contribution in [0.2, 0.25) is 0 Å². The molecule has 0 aliphatic heterocycles. The SMILES string of the molecule is OOC1C=CC=C(C(OO)(c2ccccc2)c2ccccc2)C1OO.c1ccc2c(c1)CCCC2. The lowest BCUT2D eigenvalue weighted by Gasteiger charge is -2.38. The van der Waals surface area contributed by atoms with Crippen molar-refractivity contribution in [3.63, 3.8) is 0 Å². The number of allylic oxidation sites excluding steroid dienone is 2. The zero-order chi connectivity index (χ0) is 24.5. The summed E-state index contributed by atoms with van der Waals surface area (Å²) >= 11 is 0. The Bertz CT molecular complexity index is 1060. The first kappa shape index (κ1) is 25.0. The summed E-state index contributed by atoms with van der Waals surface area (Å²) in [6.45, 7) is 0. The first-order valence-electron chi connectivity index (χ1n) is 11.7. The first-order chi connectivity index (χ1) is 17.2. The van der Waals surface area contributed by atoms with E-state index in [9.17, 15) is 10.5 Å². The molecule has 0 spiro atoms. The third-order valence-corrected chi connectivity index (χ3v) is 6.58. The highest BCUT2D eigenvalue weighted by atomic mass is 17.1. The third kappa shape index (κ3) is 5.28. The molecule has 2 unspecified atom stereocenters. The molecule has 35 heavy (non-hydrogen) atoms. The van der Waals surface area contributed by atoms with E-state index in [-0.39, 0.29) is 0 Å². The molecule has 2 aliphatic rings. The Morgan fingerprint density at radius 3 is 1.63 bits per heavy atom. The van der Waals surface area contributed by atoms with Crippen LogP contribution < -0.4 is 0 Å². The molecule has 0 radical (unpaired) electrons. The van der Waals surface area contributed by atoms with Crippen LogP contribution in [0, 0.1) is 0 Å². The molecule has 0 bridgehead atoms. The summed E-state index contributed by atoms with van der Waals surface area (Å²) in [6, 6.07) is 26.8. The molecule has 2 atom stereocenters. The van der Waals surface area contributed by atoms with E-state index in [2.05, 4.69) is 34.0 Å². The third-order valence-electron chi connectivity index (χ3n) is 6.58. The molecule has 3 N–H and O–H groups in total. The number of hydrogen-bond acceptors (Lipinski definition) is 6. The lowest BCUT2D eigenvalue weighted by molar-refractivity contribution is -0.351. The molecule has 0 saturated carbocycles. The maximum absolute atomic E-state index is 10.0. The first-order valence-corrected chi connectivity index (χ1v) is 11.7. The van der Waals surface area contributed by atoms with Gasteiger partial charge in [-0.2, -0.15) is 0 Å². The van der Waals surface area contributed by atoms with E-state index in [1.807, 2.05) is 12.1 Å². The highest BCUT2D eigenvalue weighted by Crippen LogP contribution is 2.44. The van der Waals surface area contributed by atoms with Crippen LogP contribution in [0.15, 0.2) is 109 Å². The van der Waals surface area contributed by atoms with Gasteiger partial charge in [0, 0.05) is 5.57 Å². The Hall–Kier alpha value is -3.10. The molecule has 3 aromatic carbocycles. The molecule has 6 nitrogen and oxygen atoms in total. The van der Waals surface area contributed by atoms with E-state index in [1.54, 1.807) is 71.8 Å². The van der Waals surface area contributed by atoms with Crippen LogP contribution in [0.5, 0.6) is 0 Å². The maximum Gasteiger partial charge on any atom is 0.177 e. The Labute approximate surface area is 205 Å². The minimum atomic E-state index is -1.46. The fraction of sp³-hybridized carbons (Fsp3) is 0.241. The van der Waals surface area contributed by atoms with Gasteiger partial charge in [-0.15, -0.1) is 0 Å². The van der Waals surface area contributed by atoms with Crippen LogP contribution in [-0.2, 0) is 33.1 Å². The minimum Gasteiger partial charge on any atom is -0.251 e. The van der Waals surface area contributed by atoms with Gasteiger partial charge >= 0.3 is 0 Å². The quantitative estimate of drug-likeness (QED) is 0.291. The largest absolute Gasteiger partial charge is 0.251 e. The van der Waals surface area contributed by atoms with Gasteiger partial charge in [-0.3, -0.25) is 15.8 Å². The molecule has 0 heterocycles. The summed E-state index contributed by atoms with van der Waals surface area (Å²) in [7, 11) is 0. The van der Waals surface area contributed by atoms with Gasteiger partial charge in [0.1, 0.15) is 6.10 Å². The van der Waals surface area contributed by atoms with E-state index in [0.717, 1.165) is 0 Å². The van der Waals surface area contributed by atoms with E-state index in [0.29, 0.717) is 16.7 Å². The van der Waals surface area contributed by atoms with E-state index < -0.39 is 17.8 Å². The lowest BCUT2D eigenvalue weighted by Crippen LogP contribution is -2.44. The van der Waals surface area contributed by atoms with Crippen LogP contribution in [-0.4, -0.2) is 28.0 Å². The van der Waals surface area contributed by atoms with Gasteiger partial charge in [-0.1, -0.05) is 97.1 Å². The average Bonchev–Trinajstić information content (AvgIpc) is 2.95. The molecule has 0 fully saturated rings. The van der Waals surface area contributed by atoms with Crippen molar-refractivity contribution in [1.29, 1.82) is 0 Å². The molecule has 2 aliphatic carbocycles. The molecular formula is C29H30O6. The molecule has 0 amide bonds. The normalized spacial score (nSPS) is 19.2. The zero-order valence-corrected chi connectivity index (χ0v) is 19.4. The second kappa shape index (κ2) is 12.0. The highest BCUT2D eigenvalue weighted by Gasteiger charge is 2.47. The van der Waals surface area contributed by atoms with Gasteiger partial charge in [-0.05, 0) is 54.0 Å². The molecule has 0 saturated heterocycles. The molecule has 3 aromatic rings. The summed E-state index contributed by atoms with van der Waals surface area (Å²) in [4.78, 5) is 14.0. The average molecular weight is 475 g/mol. The number of fused-ring (bicyclic) bond motifs is 1. The van der Waals surface area contributed by atoms with E-state index in [1.165, 1.54) is 31.8 Å². The second-order valence-corrected chi connectivity index (χ2v) is 8.58. The van der Waals surface area contributed by atoms with Gasteiger partial charge in [0.2, 0.25) is 0 Å². The van der Waals surface area contributed by atoms with Crippen LogP contribution in [0.25, 0.3) is 0 Å². The van der Waals surface area contributed by atoms with Crippen molar-refractivity contribution in [3.8, 4) is 0 Å². The van der Waals surface area contributed by atoms with E-state index >= 15 is 0 Å². The van der Waals surface area contributed by atoms with Crippen molar-refractivity contribution in [2.45, 2.75) is 43.5 Å². The topological polar surface area (TPSA) is 88.4 Å². The fourth-order valence-electron chi connectivity index (χ4n) is 4.85. The highest BCUT2D eigenvalue weighted by molar-refractivity contribution is 5.49. The van der Waals surface area contributed by atoms with Crippen LogP contribution in [0.4, 0.5) is 0 Å². The summed E-state index contributed by atoms with van der Waals surface area (Å²) in [5.41, 5.74) is 3.28. The van der Waals surface area contributed by atoms with Gasteiger partial charge in [0.25, 0.3) is 0 Å². The van der Waals surface area contributed by atoms with Crippen LogP contribution in [0.3, 0.4) is 0 Å². The fourth-order valence-corrected chi connectivity index (χ4v) is 4.85. The Kier molecular flexibility index (Phi) is 8.60. The maximum atomic E-state index is 10.0. The van der Waals surface area contributed by atoms with Gasteiger partial charge in [-0.25, -0.2) is 14.7 Å². The number of hydrogen-bond donors (Lipinski definition) is 3. The number of benzene rings is 3. The van der Waals surface area contributed by atoms with Crippen molar-refractivity contribution in [2.24, 2.45) is 0 Å². The van der Waals surface area contributed by atoms with Crippen molar-refractivity contribution >= 4 is 0 Å². The summed E-state index contributed by atoms with van der Waals surface area (Å²) in [5.74, 6) is 0. The summed E-state index contributed by atoms with van der Waals surface area (Å²) in [5, 5.41) is 28.5. The van der Waals surface area contributed by atoms with Crippen molar-refractivity contribution in [1.82, 2.24) is 0 Å². The van der Waals surface area contributed by atoms with Gasteiger partial charge in [0.05, 0.1) is 0 Å². The second-order valence-electron chi connectivity index (χ2n) is 8.58. The molecule has 182 valence electrons. The standard InChI is InChI=1S/C19H18O6.C10H12/c20-23-17-13-7-12-16(18(17)24-21)19(25-22,14-8-3-1-4-9-14)15-10-5-2-6-11-15;1-2-6-10-8-4-3-7-9(10)5-1/h1-13,17-18,20-22H;1-2,5-6H,3-4,7-8H2. The Morgan fingerprint density at radius 1 is 0.657 bits per heavy atom. The van der Waals surface area contributed by atoms with Crippen molar-refractivity contribution in [3.05, 3.63) is 131 Å². The van der Waals surface area contributed by atoms with Crippen molar-refractivity contribution < 1.29 is 30.4 Å². The van der Waals surface area contributed by atoms with Crippen LogP contribution >= 0.6 is 0 Å². The predicted octanol–water partition coefficient (Wildman–Crippen LogP) is 6.20. The smallest absolute Gasteiger partial charge is 0.177 e. The predicted molar refractivity (Wildman–Crippen MR) is 133 cm³/mol. The molecule has 6 heteroatoms. The summed E-state index contributed by atoms with van der Waals surface area (Å²) in [6.07, 6.45) is 8.11. The Morgan fingerprint density at radius 2 is 1.17 bits per heavy atom. The molecule has 5 rings (SSSR count). The zero-order valence-electron chi connectivity index (χ0n) is 19.4. The Balaban J connectivity index is 0.000000239. The molecule has 0 aromatic heterocycles. The minimum absolute atomic E-state index is 0.358.